The van der Waals surface area contributed by atoms with Gasteiger partial charge in [0.1, 0.15) is 5.82 Å². The van der Waals surface area contributed by atoms with Crippen LogP contribution in [0.2, 0.25) is 0 Å². The number of aromatic nitrogens is 3. The Kier molecular flexibility index (Phi) is 4.21. The van der Waals surface area contributed by atoms with E-state index in [0.29, 0.717) is 32.2 Å². The van der Waals surface area contributed by atoms with Crippen LogP contribution in [0.4, 0.5) is 0 Å². The van der Waals surface area contributed by atoms with Crippen LogP contribution in [-0.2, 0) is 25.1 Å². The highest BCUT2D eigenvalue weighted by molar-refractivity contribution is 8.13. The summed E-state index contributed by atoms with van der Waals surface area (Å²) in [5, 5.41) is 7.36. The Hall–Kier alpha value is -0.700. The summed E-state index contributed by atoms with van der Waals surface area (Å²) in [6.07, 6.45) is 0.799. The van der Waals surface area contributed by atoms with E-state index in [-0.39, 0.29) is 11.1 Å². The molecule has 18 heavy (non-hydrogen) atoms. The highest BCUT2D eigenvalue weighted by atomic mass is 35.7. The van der Waals surface area contributed by atoms with Crippen molar-refractivity contribution in [2.24, 2.45) is 0 Å². The van der Waals surface area contributed by atoms with Crippen molar-refractivity contribution in [1.29, 1.82) is 0 Å². The lowest BCUT2D eigenvalue weighted by Gasteiger charge is -2.11. The standard InChI is InChI=1S/C9H14ClN3O4S/c1-16-5-3-13-8(7-2-4-17-6-7)11-12-9(13)18(10,14)15/h7H,2-6H2,1H3. The zero-order valence-corrected chi connectivity index (χ0v) is 11.4. The average Bonchev–Trinajstić information content (AvgIpc) is 2.93. The Balaban J connectivity index is 2.36. The van der Waals surface area contributed by atoms with Crippen molar-refractivity contribution in [2.75, 3.05) is 26.9 Å². The lowest BCUT2D eigenvalue weighted by Crippen LogP contribution is -2.15. The molecule has 1 aromatic heterocycles. The third-order valence-corrected chi connectivity index (χ3v) is 3.93. The van der Waals surface area contributed by atoms with Crippen molar-refractivity contribution < 1.29 is 17.9 Å². The van der Waals surface area contributed by atoms with E-state index in [0.717, 1.165) is 6.42 Å². The van der Waals surface area contributed by atoms with Gasteiger partial charge in [0.2, 0.25) is 0 Å². The summed E-state index contributed by atoms with van der Waals surface area (Å²) in [5.41, 5.74) is 0. The molecule has 1 atom stereocenters. The molecule has 0 saturated carbocycles. The fraction of sp³-hybridized carbons (Fsp3) is 0.778. The van der Waals surface area contributed by atoms with Gasteiger partial charge >= 0.3 is 0 Å². The summed E-state index contributed by atoms with van der Waals surface area (Å²) < 4.78 is 34.5. The molecule has 0 spiro atoms. The summed E-state index contributed by atoms with van der Waals surface area (Å²) >= 11 is 0. The van der Waals surface area contributed by atoms with Gasteiger partial charge in [-0.3, -0.25) is 4.57 Å². The first-order chi connectivity index (χ1) is 8.54. The van der Waals surface area contributed by atoms with E-state index < -0.39 is 9.05 Å². The molecule has 7 nitrogen and oxygen atoms in total. The van der Waals surface area contributed by atoms with Gasteiger partial charge in [0, 0.05) is 36.9 Å². The monoisotopic (exact) mass is 295 g/mol. The molecular formula is C9H14ClN3O4S. The molecule has 1 unspecified atom stereocenters. The molecule has 0 amide bonds. The Bertz CT molecular complexity index is 510. The SMILES string of the molecule is COCCn1c(C2CCOC2)nnc1S(=O)(=O)Cl. The topological polar surface area (TPSA) is 83.3 Å². The van der Waals surface area contributed by atoms with Crippen LogP contribution in [0, 0.1) is 0 Å². The summed E-state index contributed by atoms with van der Waals surface area (Å²) in [5.74, 6) is 0.644. The molecule has 0 aromatic carbocycles. The van der Waals surface area contributed by atoms with Gasteiger partial charge in [-0.25, -0.2) is 8.42 Å². The number of hydrogen-bond donors (Lipinski definition) is 0. The molecule has 0 N–H and O–H groups in total. The van der Waals surface area contributed by atoms with Crippen molar-refractivity contribution in [2.45, 2.75) is 24.0 Å². The largest absolute Gasteiger partial charge is 0.383 e. The van der Waals surface area contributed by atoms with Crippen LogP contribution >= 0.6 is 10.7 Å². The molecule has 2 heterocycles. The summed E-state index contributed by atoms with van der Waals surface area (Å²) in [4.78, 5) is 0. The van der Waals surface area contributed by atoms with E-state index in [1.807, 2.05) is 0 Å². The molecule has 1 aliphatic heterocycles. The highest BCUT2D eigenvalue weighted by Crippen LogP contribution is 2.26. The van der Waals surface area contributed by atoms with E-state index >= 15 is 0 Å². The van der Waals surface area contributed by atoms with Crippen LogP contribution in [0.15, 0.2) is 5.16 Å². The molecule has 0 bridgehead atoms. The number of hydrogen-bond acceptors (Lipinski definition) is 6. The molecule has 1 fully saturated rings. The van der Waals surface area contributed by atoms with Gasteiger partial charge in [-0.2, -0.15) is 0 Å². The van der Waals surface area contributed by atoms with Crippen LogP contribution in [-0.4, -0.2) is 50.1 Å². The van der Waals surface area contributed by atoms with E-state index in [1.54, 1.807) is 0 Å². The molecule has 2 rings (SSSR count). The quantitative estimate of drug-likeness (QED) is 0.729. The van der Waals surface area contributed by atoms with Gasteiger partial charge in [-0.1, -0.05) is 0 Å². The Morgan fingerprint density at radius 3 is 2.89 bits per heavy atom. The molecular weight excluding hydrogens is 282 g/mol. The molecule has 1 aromatic rings. The van der Waals surface area contributed by atoms with Crippen molar-refractivity contribution in [1.82, 2.24) is 14.8 Å². The minimum Gasteiger partial charge on any atom is -0.383 e. The van der Waals surface area contributed by atoms with Crippen molar-refractivity contribution in [3.8, 4) is 0 Å². The summed E-state index contributed by atoms with van der Waals surface area (Å²) in [6, 6.07) is 0. The van der Waals surface area contributed by atoms with Gasteiger partial charge in [0.05, 0.1) is 13.2 Å². The van der Waals surface area contributed by atoms with Crippen LogP contribution < -0.4 is 0 Å². The van der Waals surface area contributed by atoms with Gasteiger partial charge in [0.15, 0.2) is 0 Å². The third-order valence-electron chi connectivity index (χ3n) is 2.78. The zero-order valence-electron chi connectivity index (χ0n) is 9.87. The fourth-order valence-corrected chi connectivity index (χ4v) is 2.84. The highest BCUT2D eigenvalue weighted by Gasteiger charge is 2.28. The Morgan fingerprint density at radius 2 is 2.33 bits per heavy atom. The minimum absolute atomic E-state index is 0.0570. The van der Waals surface area contributed by atoms with E-state index in [4.69, 9.17) is 20.2 Å². The second-order valence-electron chi connectivity index (χ2n) is 3.98. The minimum atomic E-state index is -3.91. The molecule has 9 heteroatoms. The predicted molar refractivity (Wildman–Crippen MR) is 63.1 cm³/mol. The van der Waals surface area contributed by atoms with E-state index in [9.17, 15) is 8.42 Å². The first-order valence-electron chi connectivity index (χ1n) is 5.48. The zero-order chi connectivity index (χ0) is 13.2. The van der Waals surface area contributed by atoms with Crippen LogP contribution in [0.25, 0.3) is 0 Å². The molecule has 102 valence electrons. The lowest BCUT2D eigenvalue weighted by molar-refractivity contribution is 0.180. The maximum Gasteiger partial charge on any atom is 0.296 e. The molecule has 0 aliphatic carbocycles. The molecule has 1 aliphatic rings. The number of rotatable bonds is 5. The van der Waals surface area contributed by atoms with Crippen LogP contribution in [0.3, 0.4) is 0 Å². The number of halogens is 1. The van der Waals surface area contributed by atoms with Gasteiger partial charge in [-0.05, 0) is 6.42 Å². The van der Waals surface area contributed by atoms with Crippen molar-refractivity contribution >= 4 is 19.7 Å². The van der Waals surface area contributed by atoms with Crippen molar-refractivity contribution in [3.05, 3.63) is 5.82 Å². The Morgan fingerprint density at radius 1 is 1.56 bits per heavy atom. The number of nitrogens with zero attached hydrogens (tertiary/aromatic N) is 3. The van der Waals surface area contributed by atoms with E-state index in [2.05, 4.69) is 10.2 Å². The van der Waals surface area contributed by atoms with Crippen LogP contribution in [0.5, 0.6) is 0 Å². The lowest BCUT2D eigenvalue weighted by atomic mass is 10.1. The second-order valence-corrected chi connectivity index (χ2v) is 6.44. The maximum atomic E-state index is 11.4. The average molecular weight is 296 g/mol. The third kappa shape index (κ3) is 2.82. The predicted octanol–water partition coefficient (Wildman–Crippen LogP) is 0.356. The van der Waals surface area contributed by atoms with Gasteiger partial charge in [-0.15, -0.1) is 10.2 Å². The Labute approximate surface area is 109 Å². The normalized spacial score (nSPS) is 20.4. The first-order valence-corrected chi connectivity index (χ1v) is 7.79. The number of methoxy groups -OCH3 is 1. The molecule has 0 radical (unpaired) electrons. The van der Waals surface area contributed by atoms with Gasteiger partial charge < -0.3 is 9.47 Å². The first kappa shape index (κ1) is 13.7. The maximum absolute atomic E-state index is 11.4. The number of ether oxygens (including phenoxy) is 2. The summed E-state index contributed by atoms with van der Waals surface area (Å²) in [7, 11) is 2.97. The fourth-order valence-electron chi connectivity index (χ4n) is 1.91. The molecule has 1 saturated heterocycles. The van der Waals surface area contributed by atoms with E-state index in [1.165, 1.54) is 11.7 Å². The smallest absolute Gasteiger partial charge is 0.296 e. The van der Waals surface area contributed by atoms with Crippen molar-refractivity contribution in [3.63, 3.8) is 0 Å². The van der Waals surface area contributed by atoms with Gasteiger partial charge in [0.25, 0.3) is 14.2 Å². The summed E-state index contributed by atoms with van der Waals surface area (Å²) in [6.45, 7) is 1.87. The second kappa shape index (κ2) is 5.52. The van der Waals surface area contributed by atoms with Crippen LogP contribution in [0.1, 0.15) is 18.2 Å².